The van der Waals surface area contributed by atoms with Gasteiger partial charge in [0.05, 0.1) is 17.0 Å². The first kappa shape index (κ1) is 19.7. The largest absolute Gasteiger partial charge is 0.348 e. The summed E-state index contributed by atoms with van der Waals surface area (Å²) in [6.45, 7) is 8.81. The first-order valence-electron chi connectivity index (χ1n) is 10.8. The number of imidazole rings is 1. The second-order valence-electron chi connectivity index (χ2n) is 9.03. The first-order chi connectivity index (χ1) is 14.0. The highest BCUT2D eigenvalue weighted by Gasteiger charge is 2.31. The lowest BCUT2D eigenvalue weighted by Gasteiger charge is -2.25. The normalized spacial score (nSPS) is 14.6. The van der Waals surface area contributed by atoms with Crippen molar-refractivity contribution in [2.24, 2.45) is 0 Å². The van der Waals surface area contributed by atoms with Gasteiger partial charge < -0.3 is 4.98 Å². The summed E-state index contributed by atoms with van der Waals surface area (Å²) in [6.07, 6.45) is 11.0. The fourth-order valence-electron chi connectivity index (χ4n) is 4.20. The van der Waals surface area contributed by atoms with Crippen molar-refractivity contribution >= 4 is 0 Å². The molecule has 3 aromatic rings. The average molecular weight is 394 g/mol. The second kappa shape index (κ2) is 8.05. The molecule has 0 amide bonds. The minimum Gasteiger partial charge on any atom is -0.348 e. The quantitative estimate of drug-likeness (QED) is 0.619. The van der Waals surface area contributed by atoms with Gasteiger partial charge >= 0.3 is 0 Å². The number of pyridine rings is 1. The van der Waals surface area contributed by atoms with Crippen LogP contribution in [0.2, 0.25) is 0 Å². The monoisotopic (exact) mass is 393 g/mol. The van der Waals surface area contributed by atoms with Gasteiger partial charge in [0.25, 0.3) is 0 Å². The Morgan fingerprint density at radius 2 is 1.86 bits per heavy atom. The Morgan fingerprint density at radius 1 is 1.03 bits per heavy atom. The maximum atomic E-state index is 5.19. The summed E-state index contributed by atoms with van der Waals surface area (Å²) in [5, 5.41) is 15.0. The Kier molecular flexibility index (Phi) is 5.48. The van der Waals surface area contributed by atoms with Gasteiger partial charge in [0, 0.05) is 29.3 Å². The van der Waals surface area contributed by atoms with E-state index in [1.807, 2.05) is 6.20 Å². The highest BCUT2D eigenvalue weighted by Crippen LogP contribution is 2.42. The van der Waals surface area contributed by atoms with Crippen LogP contribution in [-0.2, 0) is 24.7 Å². The number of tetrazole rings is 1. The van der Waals surface area contributed by atoms with E-state index in [2.05, 4.69) is 53.3 Å². The molecule has 0 saturated carbocycles. The van der Waals surface area contributed by atoms with E-state index in [1.165, 1.54) is 30.5 Å². The molecule has 3 aromatic heterocycles. The van der Waals surface area contributed by atoms with Gasteiger partial charge in [0.1, 0.15) is 5.82 Å². The number of nitrogens with zero attached hydrogens (tertiary/aromatic N) is 5. The van der Waals surface area contributed by atoms with Crippen LogP contribution in [-0.4, -0.2) is 35.6 Å². The third kappa shape index (κ3) is 3.95. The molecule has 0 bridgehead atoms. The standard InChI is InChI=1S/C22H31N7/c1-5-6-12-17-23-13-16(24-17)18-14-10-8-7-9-11-15(14)25-20(22(2,3)4)19(18)21-26-28-29-27-21/h13H,5-12H2,1-4H3,(H,23,24)(H,26,27,28,29). The fraction of sp³-hybridized carbons (Fsp3) is 0.591. The van der Waals surface area contributed by atoms with E-state index < -0.39 is 0 Å². The predicted octanol–water partition coefficient (Wildman–Crippen LogP) is 4.56. The van der Waals surface area contributed by atoms with E-state index in [1.54, 1.807) is 0 Å². The summed E-state index contributed by atoms with van der Waals surface area (Å²) >= 11 is 0. The van der Waals surface area contributed by atoms with Crippen LogP contribution in [0, 0.1) is 0 Å². The molecule has 1 aliphatic rings. The fourth-order valence-corrected chi connectivity index (χ4v) is 4.20. The molecule has 0 atom stereocenters. The summed E-state index contributed by atoms with van der Waals surface area (Å²) < 4.78 is 0. The number of nitrogens with one attached hydrogen (secondary N) is 2. The van der Waals surface area contributed by atoms with Gasteiger partial charge in [0.15, 0.2) is 5.82 Å². The Labute approximate surface area is 172 Å². The topological polar surface area (TPSA) is 96.0 Å². The smallest absolute Gasteiger partial charge is 0.181 e. The van der Waals surface area contributed by atoms with Crippen molar-refractivity contribution in [1.29, 1.82) is 0 Å². The zero-order chi connectivity index (χ0) is 20.4. The van der Waals surface area contributed by atoms with Gasteiger partial charge in [-0.25, -0.2) is 10.1 Å². The van der Waals surface area contributed by atoms with Crippen LogP contribution in [0.5, 0.6) is 0 Å². The van der Waals surface area contributed by atoms with Gasteiger partial charge in [-0.3, -0.25) is 4.98 Å². The number of aromatic nitrogens is 7. The number of hydrogen-bond acceptors (Lipinski definition) is 5. The van der Waals surface area contributed by atoms with Gasteiger partial charge in [-0.15, -0.1) is 5.10 Å². The molecule has 0 unspecified atom stereocenters. The third-order valence-corrected chi connectivity index (χ3v) is 5.67. The molecule has 154 valence electrons. The maximum absolute atomic E-state index is 5.19. The minimum absolute atomic E-state index is 0.139. The Bertz CT molecular complexity index is 964. The number of unbranched alkanes of at least 4 members (excludes halogenated alkanes) is 1. The van der Waals surface area contributed by atoms with Gasteiger partial charge in [-0.1, -0.05) is 40.5 Å². The number of rotatable bonds is 5. The molecule has 0 aliphatic heterocycles. The second-order valence-corrected chi connectivity index (χ2v) is 9.03. The molecular weight excluding hydrogens is 362 g/mol. The van der Waals surface area contributed by atoms with Crippen molar-refractivity contribution in [2.75, 3.05) is 0 Å². The van der Waals surface area contributed by atoms with Crippen LogP contribution in [0.4, 0.5) is 0 Å². The summed E-state index contributed by atoms with van der Waals surface area (Å²) in [7, 11) is 0. The summed E-state index contributed by atoms with van der Waals surface area (Å²) in [4.78, 5) is 13.6. The highest BCUT2D eigenvalue weighted by molar-refractivity contribution is 5.84. The van der Waals surface area contributed by atoms with Gasteiger partial charge in [-0.05, 0) is 48.1 Å². The van der Waals surface area contributed by atoms with E-state index >= 15 is 0 Å². The molecule has 0 saturated heterocycles. The predicted molar refractivity (Wildman–Crippen MR) is 114 cm³/mol. The molecular formula is C22H31N7. The summed E-state index contributed by atoms with van der Waals surface area (Å²) in [5.74, 6) is 1.71. The number of aryl methyl sites for hydroxylation is 2. The van der Waals surface area contributed by atoms with Crippen molar-refractivity contribution in [3.8, 4) is 22.6 Å². The molecule has 1 aliphatic carbocycles. The summed E-state index contributed by atoms with van der Waals surface area (Å²) in [5.41, 5.74) is 6.56. The molecule has 0 aromatic carbocycles. The lowest BCUT2D eigenvalue weighted by Crippen LogP contribution is -2.19. The van der Waals surface area contributed by atoms with E-state index in [-0.39, 0.29) is 5.41 Å². The highest BCUT2D eigenvalue weighted by atomic mass is 15.5. The Morgan fingerprint density at radius 3 is 2.59 bits per heavy atom. The molecule has 0 radical (unpaired) electrons. The van der Waals surface area contributed by atoms with Crippen molar-refractivity contribution in [3.63, 3.8) is 0 Å². The minimum atomic E-state index is -0.139. The van der Waals surface area contributed by atoms with E-state index in [0.29, 0.717) is 5.82 Å². The van der Waals surface area contributed by atoms with Crippen LogP contribution >= 0.6 is 0 Å². The first-order valence-corrected chi connectivity index (χ1v) is 10.8. The number of H-pyrrole nitrogens is 2. The zero-order valence-corrected chi connectivity index (χ0v) is 18.0. The van der Waals surface area contributed by atoms with Crippen molar-refractivity contribution in [2.45, 2.75) is 84.5 Å². The average Bonchev–Trinajstić information content (AvgIpc) is 3.32. The molecule has 7 nitrogen and oxygen atoms in total. The lowest BCUT2D eigenvalue weighted by atomic mass is 9.83. The SMILES string of the molecule is CCCCc1nc(-c2c3c(nc(C(C)(C)C)c2-c2nnn[nH]2)CCCCC3)c[nH]1. The number of aromatic amines is 2. The molecule has 3 heterocycles. The maximum Gasteiger partial charge on any atom is 0.181 e. The summed E-state index contributed by atoms with van der Waals surface area (Å²) in [6, 6.07) is 0. The van der Waals surface area contributed by atoms with Crippen molar-refractivity contribution in [3.05, 3.63) is 29.0 Å². The van der Waals surface area contributed by atoms with Crippen LogP contribution in [0.25, 0.3) is 22.6 Å². The Hall–Kier alpha value is -2.57. The van der Waals surface area contributed by atoms with Crippen molar-refractivity contribution in [1.82, 2.24) is 35.6 Å². The molecule has 7 heteroatoms. The third-order valence-electron chi connectivity index (χ3n) is 5.67. The Balaban J connectivity index is 1.99. The molecule has 2 N–H and O–H groups in total. The van der Waals surface area contributed by atoms with E-state index in [0.717, 1.165) is 60.4 Å². The zero-order valence-electron chi connectivity index (χ0n) is 18.0. The van der Waals surface area contributed by atoms with Crippen LogP contribution in [0.3, 0.4) is 0 Å². The molecule has 29 heavy (non-hydrogen) atoms. The van der Waals surface area contributed by atoms with E-state index in [9.17, 15) is 0 Å². The number of hydrogen-bond donors (Lipinski definition) is 2. The van der Waals surface area contributed by atoms with Crippen molar-refractivity contribution < 1.29 is 0 Å². The molecule has 0 fully saturated rings. The van der Waals surface area contributed by atoms with E-state index in [4.69, 9.17) is 9.97 Å². The van der Waals surface area contributed by atoms with Gasteiger partial charge in [0.2, 0.25) is 0 Å². The lowest BCUT2D eigenvalue weighted by molar-refractivity contribution is 0.566. The number of fused-ring (bicyclic) bond motifs is 1. The van der Waals surface area contributed by atoms with Gasteiger partial charge in [-0.2, -0.15) is 0 Å². The molecule has 4 rings (SSSR count). The van der Waals surface area contributed by atoms with Crippen LogP contribution in [0.15, 0.2) is 6.20 Å². The van der Waals surface area contributed by atoms with Crippen LogP contribution < -0.4 is 0 Å². The van der Waals surface area contributed by atoms with Crippen LogP contribution in [0.1, 0.15) is 82.6 Å². The molecule has 0 spiro atoms.